The van der Waals surface area contributed by atoms with Crippen molar-refractivity contribution in [3.63, 3.8) is 0 Å². The normalized spacial score (nSPS) is 22.7. The molecule has 2 unspecified atom stereocenters. The van der Waals surface area contributed by atoms with Gasteiger partial charge in [0.05, 0.1) is 5.92 Å². The second kappa shape index (κ2) is 7.22. The monoisotopic (exact) mass is 290 g/mol. The molecule has 0 saturated carbocycles. The maximum Gasteiger partial charge on any atom is 0.326 e. The molecule has 1 heterocycles. The Kier molecular flexibility index (Phi) is 5.33. The van der Waals surface area contributed by atoms with Crippen LogP contribution in [0, 0.1) is 11.8 Å². The fourth-order valence-corrected chi connectivity index (χ4v) is 2.65. The van der Waals surface area contributed by atoms with Crippen LogP contribution >= 0.6 is 0 Å². The predicted octanol–water partition coefficient (Wildman–Crippen LogP) is 1.04. The van der Waals surface area contributed by atoms with Crippen LogP contribution in [0.3, 0.4) is 0 Å². The molecule has 21 heavy (non-hydrogen) atoms. The van der Waals surface area contributed by atoms with Gasteiger partial charge in [0.15, 0.2) is 0 Å². The van der Waals surface area contributed by atoms with Crippen LogP contribution in [0.1, 0.15) is 18.9 Å². The van der Waals surface area contributed by atoms with Crippen molar-refractivity contribution in [3.8, 4) is 0 Å². The predicted molar refractivity (Wildman–Crippen MR) is 79.9 cm³/mol. The number of carbonyl (C=O) groups excluding carboxylic acids is 1. The summed E-state index contributed by atoms with van der Waals surface area (Å²) in [5.41, 5.74) is 1.08. The van der Waals surface area contributed by atoms with Gasteiger partial charge < -0.3 is 15.7 Å². The molecule has 1 aliphatic heterocycles. The summed E-state index contributed by atoms with van der Waals surface area (Å²) < 4.78 is 0. The molecule has 1 fully saturated rings. The summed E-state index contributed by atoms with van der Waals surface area (Å²) >= 11 is 0. The van der Waals surface area contributed by atoms with E-state index in [1.807, 2.05) is 37.3 Å². The van der Waals surface area contributed by atoms with Crippen LogP contribution in [0.4, 0.5) is 0 Å². The Labute approximate surface area is 124 Å². The Morgan fingerprint density at radius 2 is 2.05 bits per heavy atom. The molecule has 1 amide bonds. The zero-order valence-electron chi connectivity index (χ0n) is 12.2. The van der Waals surface area contributed by atoms with Crippen molar-refractivity contribution in [1.82, 2.24) is 10.6 Å². The van der Waals surface area contributed by atoms with Crippen molar-refractivity contribution in [2.75, 3.05) is 13.1 Å². The summed E-state index contributed by atoms with van der Waals surface area (Å²) in [4.78, 5) is 23.5. The summed E-state index contributed by atoms with van der Waals surface area (Å²) in [6, 6.07) is 8.87. The summed E-state index contributed by atoms with van der Waals surface area (Å²) in [7, 11) is 0. The third-order valence-corrected chi connectivity index (χ3v) is 4.03. The molecule has 5 heteroatoms. The first kappa shape index (κ1) is 15.5. The topological polar surface area (TPSA) is 78.4 Å². The van der Waals surface area contributed by atoms with Crippen molar-refractivity contribution < 1.29 is 14.7 Å². The number of aryl methyl sites for hydroxylation is 1. The van der Waals surface area contributed by atoms with E-state index in [0.29, 0.717) is 19.4 Å². The first-order valence-electron chi connectivity index (χ1n) is 7.35. The van der Waals surface area contributed by atoms with E-state index in [2.05, 4.69) is 10.6 Å². The molecule has 114 valence electrons. The first-order chi connectivity index (χ1) is 10.1. The van der Waals surface area contributed by atoms with Crippen LogP contribution in [0.15, 0.2) is 30.3 Å². The number of carboxylic acids is 1. The fourth-order valence-electron chi connectivity index (χ4n) is 2.65. The van der Waals surface area contributed by atoms with E-state index in [-0.39, 0.29) is 17.7 Å². The highest BCUT2D eigenvalue weighted by Crippen LogP contribution is 2.16. The zero-order chi connectivity index (χ0) is 15.2. The van der Waals surface area contributed by atoms with Crippen molar-refractivity contribution >= 4 is 11.9 Å². The summed E-state index contributed by atoms with van der Waals surface area (Å²) in [6.07, 6.45) is 1.04. The quantitative estimate of drug-likeness (QED) is 0.731. The van der Waals surface area contributed by atoms with Crippen molar-refractivity contribution in [2.45, 2.75) is 25.8 Å². The van der Waals surface area contributed by atoms with Crippen LogP contribution in [-0.4, -0.2) is 36.1 Å². The second-order valence-electron chi connectivity index (χ2n) is 5.67. The van der Waals surface area contributed by atoms with Gasteiger partial charge >= 0.3 is 5.97 Å². The van der Waals surface area contributed by atoms with Gasteiger partial charge in [0.2, 0.25) is 5.91 Å². The molecule has 5 nitrogen and oxygen atoms in total. The number of hydrogen-bond donors (Lipinski definition) is 3. The molecule has 3 atom stereocenters. The minimum absolute atomic E-state index is 0.136. The van der Waals surface area contributed by atoms with Crippen molar-refractivity contribution in [3.05, 3.63) is 35.9 Å². The molecule has 1 aliphatic rings. The second-order valence-corrected chi connectivity index (χ2v) is 5.67. The maximum atomic E-state index is 12.2. The molecular formula is C16H22N2O3. The van der Waals surface area contributed by atoms with E-state index in [0.717, 1.165) is 12.1 Å². The minimum atomic E-state index is -0.974. The van der Waals surface area contributed by atoms with E-state index in [1.165, 1.54) is 0 Å². The number of rotatable bonds is 6. The van der Waals surface area contributed by atoms with Gasteiger partial charge in [0.25, 0.3) is 0 Å². The minimum Gasteiger partial charge on any atom is -0.480 e. The standard InChI is InChI=1S/C16H22N2O3/c1-11-9-17-10-13(11)15(19)18-14(16(20)21)8-7-12-5-3-2-4-6-12/h2-6,11,13-14,17H,7-10H2,1H3,(H,18,19)(H,20,21)/t11?,13?,14-/m0/s1. The average molecular weight is 290 g/mol. The highest BCUT2D eigenvalue weighted by Gasteiger charge is 2.31. The average Bonchev–Trinajstić information content (AvgIpc) is 2.90. The van der Waals surface area contributed by atoms with Gasteiger partial charge in [-0.05, 0) is 30.9 Å². The lowest BCUT2D eigenvalue weighted by Crippen LogP contribution is -2.45. The molecule has 2 rings (SSSR count). The van der Waals surface area contributed by atoms with Crippen molar-refractivity contribution in [1.29, 1.82) is 0 Å². The molecule has 0 aliphatic carbocycles. The lowest BCUT2D eigenvalue weighted by atomic mass is 9.96. The molecule has 0 radical (unpaired) electrons. The Morgan fingerprint density at radius 1 is 1.33 bits per heavy atom. The van der Waals surface area contributed by atoms with Gasteiger partial charge in [-0.25, -0.2) is 4.79 Å². The summed E-state index contributed by atoms with van der Waals surface area (Å²) in [5.74, 6) is -1.03. The smallest absolute Gasteiger partial charge is 0.326 e. The lowest BCUT2D eigenvalue weighted by Gasteiger charge is -2.19. The number of aliphatic carboxylic acids is 1. The SMILES string of the molecule is CC1CNCC1C(=O)N[C@@H](CCc1ccccc1)C(=O)O. The van der Waals surface area contributed by atoms with Gasteiger partial charge in [0, 0.05) is 6.54 Å². The number of carboxylic acid groups (broad SMARTS) is 1. The van der Waals surface area contributed by atoms with Crippen molar-refractivity contribution in [2.24, 2.45) is 11.8 Å². The third kappa shape index (κ3) is 4.29. The molecule has 0 bridgehead atoms. The molecular weight excluding hydrogens is 268 g/mol. The number of nitrogens with one attached hydrogen (secondary N) is 2. The number of benzene rings is 1. The van der Waals surface area contributed by atoms with Crippen LogP contribution < -0.4 is 10.6 Å². The van der Waals surface area contributed by atoms with E-state index >= 15 is 0 Å². The Balaban J connectivity index is 1.90. The largest absolute Gasteiger partial charge is 0.480 e. The van der Waals surface area contributed by atoms with E-state index in [1.54, 1.807) is 0 Å². The molecule has 1 saturated heterocycles. The van der Waals surface area contributed by atoms with Gasteiger partial charge in [0.1, 0.15) is 6.04 Å². The summed E-state index contributed by atoms with van der Waals surface area (Å²) in [6.45, 7) is 3.43. The van der Waals surface area contributed by atoms with E-state index < -0.39 is 12.0 Å². The highest BCUT2D eigenvalue weighted by molar-refractivity contribution is 5.85. The third-order valence-electron chi connectivity index (χ3n) is 4.03. The Hall–Kier alpha value is -1.88. The maximum absolute atomic E-state index is 12.2. The van der Waals surface area contributed by atoms with Crippen LogP contribution in [0.2, 0.25) is 0 Å². The number of amides is 1. The van der Waals surface area contributed by atoms with Crippen LogP contribution in [-0.2, 0) is 16.0 Å². The lowest BCUT2D eigenvalue weighted by molar-refractivity contribution is -0.142. The van der Waals surface area contributed by atoms with Gasteiger partial charge in [-0.1, -0.05) is 37.3 Å². The van der Waals surface area contributed by atoms with Gasteiger partial charge in [-0.3, -0.25) is 4.79 Å². The van der Waals surface area contributed by atoms with Gasteiger partial charge in [-0.2, -0.15) is 0 Å². The Bertz CT molecular complexity index is 490. The van der Waals surface area contributed by atoms with Crippen LogP contribution in [0.25, 0.3) is 0 Å². The Morgan fingerprint density at radius 3 is 2.62 bits per heavy atom. The van der Waals surface area contributed by atoms with Crippen LogP contribution in [0.5, 0.6) is 0 Å². The highest BCUT2D eigenvalue weighted by atomic mass is 16.4. The first-order valence-corrected chi connectivity index (χ1v) is 7.35. The fraction of sp³-hybridized carbons (Fsp3) is 0.500. The molecule has 0 aromatic heterocycles. The molecule has 1 aromatic rings. The summed E-state index contributed by atoms with van der Waals surface area (Å²) in [5, 5.41) is 15.1. The zero-order valence-corrected chi connectivity index (χ0v) is 12.2. The molecule has 3 N–H and O–H groups in total. The number of carbonyl (C=O) groups is 2. The molecule has 0 spiro atoms. The van der Waals surface area contributed by atoms with Gasteiger partial charge in [-0.15, -0.1) is 0 Å². The molecule has 1 aromatic carbocycles. The van der Waals surface area contributed by atoms with E-state index in [4.69, 9.17) is 0 Å². The van der Waals surface area contributed by atoms with E-state index in [9.17, 15) is 14.7 Å². The number of hydrogen-bond acceptors (Lipinski definition) is 3.